The molecule has 7 nitrogen and oxygen atoms in total. The van der Waals surface area contributed by atoms with Crippen molar-refractivity contribution in [3.05, 3.63) is 18.1 Å². The van der Waals surface area contributed by atoms with Gasteiger partial charge in [0.05, 0.1) is 19.7 Å². The minimum atomic E-state index is -0.284. The molecule has 1 atom stereocenters. The monoisotopic (exact) mass is 305 g/mol. The third-order valence-electron chi connectivity index (χ3n) is 4.29. The summed E-state index contributed by atoms with van der Waals surface area (Å²) in [7, 11) is 0. The molecule has 0 aromatic carbocycles. The molecule has 1 aromatic rings. The van der Waals surface area contributed by atoms with Crippen LogP contribution in [0.3, 0.4) is 0 Å². The minimum absolute atomic E-state index is 0.165. The number of nitrogens with zero attached hydrogens (tertiary/aromatic N) is 4. The smallest absolute Gasteiger partial charge is 0.236 e. The van der Waals surface area contributed by atoms with Gasteiger partial charge in [-0.1, -0.05) is 6.42 Å². The fourth-order valence-corrected chi connectivity index (χ4v) is 3.06. The molecule has 2 aliphatic heterocycles. The van der Waals surface area contributed by atoms with Crippen molar-refractivity contribution in [3.63, 3.8) is 0 Å². The molecule has 2 saturated heterocycles. The van der Waals surface area contributed by atoms with Crippen LogP contribution >= 0.6 is 0 Å². The molecule has 22 heavy (non-hydrogen) atoms. The summed E-state index contributed by atoms with van der Waals surface area (Å²) in [5, 5.41) is 0. The van der Waals surface area contributed by atoms with Crippen LogP contribution in [0.5, 0.6) is 0 Å². The SMILES string of the molecule is Nc1nccnc1C1CN(C(=O)CN2CCCCC2)CCO1. The predicted octanol–water partition coefficient (Wildman–Crippen LogP) is 0.445. The fraction of sp³-hybridized carbons (Fsp3) is 0.667. The zero-order chi connectivity index (χ0) is 15.4. The van der Waals surface area contributed by atoms with E-state index in [0.717, 1.165) is 13.1 Å². The zero-order valence-corrected chi connectivity index (χ0v) is 12.8. The lowest BCUT2D eigenvalue weighted by atomic mass is 10.1. The van der Waals surface area contributed by atoms with Crippen molar-refractivity contribution in [1.29, 1.82) is 0 Å². The molecule has 2 N–H and O–H groups in total. The number of morpholine rings is 1. The summed E-state index contributed by atoms with van der Waals surface area (Å²) in [6.07, 6.45) is 6.53. The molecular weight excluding hydrogens is 282 g/mol. The fourth-order valence-electron chi connectivity index (χ4n) is 3.06. The van der Waals surface area contributed by atoms with Gasteiger partial charge >= 0.3 is 0 Å². The molecule has 0 radical (unpaired) electrons. The lowest BCUT2D eigenvalue weighted by Gasteiger charge is -2.35. The first kappa shape index (κ1) is 15.2. The summed E-state index contributed by atoms with van der Waals surface area (Å²) in [6, 6.07) is 0. The normalized spacial score (nSPS) is 23.5. The van der Waals surface area contributed by atoms with E-state index in [-0.39, 0.29) is 12.0 Å². The number of nitrogen functional groups attached to an aromatic ring is 1. The third kappa shape index (κ3) is 3.53. The maximum absolute atomic E-state index is 12.5. The van der Waals surface area contributed by atoms with Gasteiger partial charge < -0.3 is 15.4 Å². The topological polar surface area (TPSA) is 84.6 Å². The molecule has 2 aliphatic rings. The van der Waals surface area contributed by atoms with Crippen LogP contribution in [0.2, 0.25) is 0 Å². The summed E-state index contributed by atoms with van der Waals surface area (Å²) in [4.78, 5) is 24.9. The van der Waals surface area contributed by atoms with Crippen LogP contribution in [0.4, 0.5) is 5.82 Å². The van der Waals surface area contributed by atoms with Crippen molar-refractivity contribution < 1.29 is 9.53 Å². The van der Waals surface area contributed by atoms with Crippen LogP contribution in [0.15, 0.2) is 12.4 Å². The molecule has 3 heterocycles. The average molecular weight is 305 g/mol. The van der Waals surface area contributed by atoms with Crippen LogP contribution in [-0.4, -0.2) is 65.0 Å². The second kappa shape index (κ2) is 7.02. The lowest BCUT2D eigenvalue weighted by molar-refractivity contribution is -0.140. The quantitative estimate of drug-likeness (QED) is 0.872. The Labute approximate surface area is 130 Å². The predicted molar refractivity (Wildman–Crippen MR) is 82.0 cm³/mol. The Kier molecular flexibility index (Phi) is 4.84. The number of ether oxygens (including phenoxy) is 1. The Morgan fingerprint density at radius 3 is 2.77 bits per heavy atom. The summed E-state index contributed by atoms with van der Waals surface area (Å²) in [6.45, 7) is 4.18. The number of amides is 1. The van der Waals surface area contributed by atoms with Crippen molar-refractivity contribution in [2.45, 2.75) is 25.4 Å². The van der Waals surface area contributed by atoms with E-state index in [1.165, 1.54) is 19.3 Å². The summed E-state index contributed by atoms with van der Waals surface area (Å²) in [5.74, 6) is 0.537. The van der Waals surface area contributed by atoms with Gasteiger partial charge in [-0.05, 0) is 25.9 Å². The molecule has 7 heteroatoms. The van der Waals surface area contributed by atoms with E-state index in [9.17, 15) is 4.79 Å². The second-order valence-corrected chi connectivity index (χ2v) is 5.86. The van der Waals surface area contributed by atoms with Crippen LogP contribution < -0.4 is 5.73 Å². The van der Waals surface area contributed by atoms with Crippen molar-refractivity contribution in [2.24, 2.45) is 0 Å². The van der Waals surface area contributed by atoms with Gasteiger partial charge in [-0.25, -0.2) is 4.98 Å². The third-order valence-corrected chi connectivity index (χ3v) is 4.29. The van der Waals surface area contributed by atoms with Gasteiger partial charge in [0.25, 0.3) is 0 Å². The number of aromatic nitrogens is 2. The first-order chi connectivity index (χ1) is 10.7. The lowest BCUT2D eigenvalue weighted by Crippen LogP contribution is -2.47. The Balaban J connectivity index is 1.60. The second-order valence-electron chi connectivity index (χ2n) is 5.86. The Bertz CT molecular complexity index is 518. The van der Waals surface area contributed by atoms with Crippen molar-refractivity contribution in [1.82, 2.24) is 19.8 Å². The molecule has 1 amide bonds. The van der Waals surface area contributed by atoms with Crippen molar-refractivity contribution >= 4 is 11.7 Å². The van der Waals surface area contributed by atoms with Gasteiger partial charge in [-0.3, -0.25) is 14.7 Å². The molecule has 2 fully saturated rings. The van der Waals surface area contributed by atoms with Gasteiger partial charge in [0, 0.05) is 18.9 Å². The molecular formula is C15H23N5O2. The van der Waals surface area contributed by atoms with E-state index < -0.39 is 0 Å². The highest BCUT2D eigenvalue weighted by atomic mass is 16.5. The van der Waals surface area contributed by atoms with Gasteiger partial charge in [0.2, 0.25) is 5.91 Å². The maximum Gasteiger partial charge on any atom is 0.236 e. The molecule has 0 saturated carbocycles. The van der Waals surface area contributed by atoms with Gasteiger partial charge in [0.1, 0.15) is 17.6 Å². The number of piperidine rings is 1. The number of anilines is 1. The van der Waals surface area contributed by atoms with E-state index in [1.54, 1.807) is 12.4 Å². The zero-order valence-electron chi connectivity index (χ0n) is 12.8. The van der Waals surface area contributed by atoms with E-state index >= 15 is 0 Å². The van der Waals surface area contributed by atoms with Gasteiger partial charge in [-0.15, -0.1) is 0 Å². The summed E-state index contributed by atoms with van der Waals surface area (Å²) >= 11 is 0. The Morgan fingerprint density at radius 1 is 1.23 bits per heavy atom. The van der Waals surface area contributed by atoms with Crippen LogP contribution in [0.25, 0.3) is 0 Å². The molecule has 3 rings (SSSR count). The number of rotatable bonds is 3. The average Bonchev–Trinajstić information content (AvgIpc) is 2.56. The van der Waals surface area contributed by atoms with Gasteiger partial charge in [-0.2, -0.15) is 0 Å². The van der Waals surface area contributed by atoms with Crippen molar-refractivity contribution in [2.75, 3.05) is 45.1 Å². The minimum Gasteiger partial charge on any atom is -0.382 e. The largest absolute Gasteiger partial charge is 0.382 e. The molecule has 1 unspecified atom stereocenters. The van der Waals surface area contributed by atoms with Gasteiger partial charge in [0.15, 0.2) is 0 Å². The van der Waals surface area contributed by atoms with E-state index in [1.807, 2.05) is 4.90 Å². The van der Waals surface area contributed by atoms with Crippen molar-refractivity contribution in [3.8, 4) is 0 Å². The van der Waals surface area contributed by atoms with Crippen LogP contribution in [-0.2, 0) is 9.53 Å². The van der Waals surface area contributed by atoms with E-state index in [0.29, 0.717) is 37.8 Å². The highest BCUT2D eigenvalue weighted by Crippen LogP contribution is 2.23. The molecule has 0 bridgehead atoms. The number of likely N-dealkylation sites (tertiary alicyclic amines) is 1. The van der Waals surface area contributed by atoms with Crippen LogP contribution in [0, 0.1) is 0 Å². The summed E-state index contributed by atoms with van der Waals surface area (Å²) in [5.41, 5.74) is 6.48. The highest BCUT2D eigenvalue weighted by Gasteiger charge is 2.28. The Morgan fingerprint density at radius 2 is 2.00 bits per heavy atom. The maximum atomic E-state index is 12.5. The highest BCUT2D eigenvalue weighted by molar-refractivity contribution is 5.78. The number of carbonyl (C=O) groups is 1. The first-order valence-corrected chi connectivity index (χ1v) is 7.92. The number of nitrogens with two attached hydrogens (primary N) is 1. The van der Waals surface area contributed by atoms with E-state index in [2.05, 4.69) is 14.9 Å². The number of carbonyl (C=O) groups excluding carboxylic acids is 1. The molecule has 120 valence electrons. The van der Waals surface area contributed by atoms with E-state index in [4.69, 9.17) is 10.5 Å². The number of hydrogen-bond donors (Lipinski definition) is 1. The number of hydrogen-bond acceptors (Lipinski definition) is 6. The molecule has 0 aliphatic carbocycles. The molecule has 1 aromatic heterocycles. The Hall–Kier alpha value is -1.73. The summed E-state index contributed by atoms with van der Waals surface area (Å²) < 4.78 is 5.73. The van der Waals surface area contributed by atoms with Crippen LogP contribution in [0.1, 0.15) is 31.1 Å². The standard InChI is InChI=1S/C15H23N5O2/c16-15-14(17-4-5-18-15)12-10-20(8-9-22-12)13(21)11-19-6-2-1-3-7-19/h4-5,12H,1-3,6-11H2,(H2,16,18). The first-order valence-electron chi connectivity index (χ1n) is 7.92. The molecule has 0 spiro atoms.